The van der Waals surface area contributed by atoms with Gasteiger partial charge in [-0.25, -0.2) is 4.79 Å². The largest absolute Gasteiger partial charge is 0.430 e. The Bertz CT molecular complexity index is 225. The predicted octanol–water partition coefficient (Wildman–Crippen LogP) is 0.347. The molecule has 0 radical (unpaired) electrons. The van der Waals surface area contributed by atoms with Crippen molar-refractivity contribution in [2.75, 3.05) is 14.1 Å². The standard InChI is InChI=1S/C6H11N3O2S/c1-4(5(12)9(2)3)8-11-6(7)10/h1-3H3,(H2,7,10). The SMILES string of the molecule is CC(=NOC(N)=O)C(=S)N(C)C. The lowest BCUT2D eigenvalue weighted by atomic mass is 10.4. The van der Waals surface area contributed by atoms with Crippen LogP contribution in [0.4, 0.5) is 4.79 Å². The molecule has 0 saturated carbocycles. The Kier molecular flexibility index (Phi) is 4.20. The summed E-state index contributed by atoms with van der Waals surface area (Å²) in [5, 5.41) is 3.40. The average Bonchev–Trinajstić information content (AvgIpc) is 1.98. The van der Waals surface area contributed by atoms with Crippen molar-refractivity contribution in [1.29, 1.82) is 0 Å². The van der Waals surface area contributed by atoms with Gasteiger partial charge in [-0.2, -0.15) is 0 Å². The third-order valence-electron chi connectivity index (χ3n) is 0.988. The first kappa shape index (κ1) is 10.8. The van der Waals surface area contributed by atoms with Gasteiger partial charge in [-0.05, 0) is 6.92 Å². The molecule has 0 spiro atoms. The molecule has 0 heterocycles. The molecule has 0 saturated heterocycles. The van der Waals surface area contributed by atoms with Crippen LogP contribution in [0.25, 0.3) is 0 Å². The molecular weight excluding hydrogens is 178 g/mol. The summed E-state index contributed by atoms with van der Waals surface area (Å²) < 4.78 is 0. The van der Waals surface area contributed by atoms with Crippen molar-refractivity contribution in [3.8, 4) is 0 Å². The lowest BCUT2D eigenvalue weighted by Crippen LogP contribution is -2.26. The first-order valence-electron chi connectivity index (χ1n) is 3.18. The number of nitrogens with zero attached hydrogens (tertiary/aromatic N) is 2. The first-order chi connectivity index (χ1) is 5.45. The molecule has 0 rings (SSSR count). The summed E-state index contributed by atoms with van der Waals surface area (Å²) >= 11 is 4.92. The summed E-state index contributed by atoms with van der Waals surface area (Å²) in [5.41, 5.74) is 5.13. The van der Waals surface area contributed by atoms with E-state index in [1.165, 1.54) is 0 Å². The van der Waals surface area contributed by atoms with Crippen LogP contribution < -0.4 is 5.73 Å². The van der Waals surface area contributed by atoms with Crippen LogP contribution in [-0.2, 0) is 4.84 Å². The minimum Gasteiger partial charge on any atom is -0.367 e. The van der Waals surface area contributed by atoms with Gasteiger partial charge in [0.25, 0.3) is 0 Å². The van der Waals surface area contributed by atoms with Crippen molar-refractivity contribution < 1.29 is 9.63 Å². The third kappa shape index (κ3) is 3.87. The Labute approximate surface area is 76.1 Å². The Morgan fingerprint density at radius 1 is 1.58 bits per heavy atom. The maximum atomic E-state index is 10.1. The second-order valence-electron chi connectivity index (χ2n) is 2.29. The molecule has 1 amide bonds. The van der Waals surface area contributed by atoms with Gasteiger partial charge < -0.3 is 10.6 Å². The first-order valence-corrected chi connectivity index (χ1v) is 3.58. The number of rotatable bonds is 2. The maximum Gasteiger partial charge on any atom is 0.430 e. The van der Waals surface area contributed by atoms with Crippen LogP contribution in [0.2, 0.25) is 0 Å². The predicted molar refractivity (Wildman–Crippen MR) is 50.1 cm³/mol. The minimum atomic E-state index is -0.948. The number of carbonyl (C=O) groups is 1. The summed E-state index contributed by atoms with van der Waals surface area (Å²) in [4.78, 5) is 16.5. The molecule has 0 aromatic heterocycles. The van der Waals surface area contributed by atoms with Gasteiger partial charge >= 0.3 is 6.09 Å². The Morgan fingerprint density at radius 3 is 2.42 bits per heavy atom. The molecule has 0 aromatic rings. The molecule has 0 aliphatic rings. The second-order valence-corrected chi connectivity index (χ2v) is 2.67. The van der Waals surface area contributed by atoms with E-state index in [1.807, 2.05) is 0 Å². The molecule has 0 unspecified atom stereocenters. The Morgan fingerprint density at radius 2 is 2.08 bits per heavy atom. The van der Waals surface area contributed by atoms with Crippen molar-refractivity contribution in [2.24, 2.45) is 10.9 Å². The number of thiocarbonyl (C=S) groups is 1. The fraction of sp³-hybridized carbons (Fsp3) is 0.500. The molecule has 2 N–H and O–H groups in total. The normalized spacial score (nSPS) is 10.8. The number of primary amides is 1. The molecule has 68 valence electrons. The zero-order chi connectivity index (χ0) is 9.72. The summed E-state index contributed by atoms with van der Waals surface area (Å²) in [6.07, 6.45) is -0.948. The van der Waals surface area contributed by atoms with Crippen molar-refractivity contribution in [2.45, 2.75) is 6.92 Å². The van der Waals surface area contributed by atoms with Crippen molar-refractivity contribution in [3.63, 3.8) is 0 Å². The van der Waals surface area contributed by atoms with E-state index in [-0.39, 0.29) is 0 Å². The maximum absolute atomic E-state index is 10.1. The molecule has 0 aliphatic heterocycles. The molecule has 5 nitrogen and oxygen atoms in total. The number of hydrogen-bond donors (Lipinski definition) is 1. The molecular formula is C6H11N3O2S. The van der Waals surface area contributed by atoms with Gasteiger partial charge in [-0.3, -0.25) is 4.84 Å². The van der Waals surface area contributed by atoms with Crippen molar-refractivity contribution in [3.05, 3.63) is 0 Å². The summed E-state index contributed by atoms with van der Waals surface area (Å²) in [7, 11) is 3.54. The number of amides is 1. The Balaban J connectivity index is 4.18. The highest BCUT2D eigenvalue weighted by Crippen LogP contribution is 1.89. The summed E-state index contributed by atoms with van der Waals surface area (Å²) in [5.74, 6) is 0. The fourth-order valence-corrected chi connectivity index (χ4v) is 0.513. The highest BCUT2D eigenvalue weighted by atomic mass is 32.1. The quantitative estimate of drug-likeness (QED) is 0.294. The van der Waals surface area contributed by atoms with Crippen LogP contribution in [0.5, 0.6) is 0 Å². The number of nitrogens with two attached hydrogens (primary N) is 1. The van der Waals surface area contributed by atoms with Crippen molar-refractivity contribution >= 4 is 29.0 Å². The van der Waals surface area contributed by atoms with E-state index in [4.69, 9.17) is 18.0 Å². The molecule has 0 atom stereocenters. The molecule has 12 heavy (non-hydrogen) atoms. The third-order valence-corrected chi connectivity index (χ3v) is 1.65. The van der Waals surface area contributed by atoms with Gasteiger partial charge in [-0.15, -0.1) is 0 Å². The van der Waals surface area contributed by atoms with Gasteiger partial charge in [0, 0.05) is 14.1 Å². The van der Waals surface area contributed by atoms with Gasteiger partial charge in [0.1, 0.15) is 10.7 Å². The highest BCUT2D eigenvalue weighted by Gasteiger charge is 2.03. The second kappa shape index (κ2) is 4.66. The van der Waals surface area contributed by atoms with Crippen molar-refractivity contribution in [1.82, 2.24) is 4.90 Å². The number of oxime groups is 1. The summed E-state index contributed by atoms with van der Waals surface area (Å²) in [6, 6.07) is 0. The lowest BCUT2D eigenvalue weighted by Gasteiger charge is -2.11. The van der Waals surface area contributed by atoms with Gasteiger partial charge in [0.2, 0.25) is 0 Å². The topological polar surface area (TPSA) is 67.9 Å². The monoisotopic (exact) mass is 189 g/mol. The van der Waals surface area contributed by atoms with E-state index in [0.29, 0.717) is 10.7 Å². The van der Waals surface area contributed by atoms with Gasteiger partial charge in [0.15, 0.2) is 0 Å². The number of hydrogen-bond acceptors (Lipinski definition) is 4. The number of carbonyl (C=O) groups excluding carboxylic acids is 1. The zero-order valence-corrected chi connectivity index (χ0v) is 8.01. The van der Waals surface area contributed by atoms with E-state index in [0.717, 1.165) is 0 Å². The van der Waals surface area contributed by atoms with Gasteiger partial charge in [0.05, 0.1) is 0 Å². The van der Waals surface area contributed by atoms with E-state index < -0.39 is 6.09 Å². The summed E-state index contributed by atoms with van der Waals surface area (Å²) in [6.45, 7) is 1.63. The van der Waals surface area contributed by atoms with Crippen LogP contribution in [0.1, 0.15) is 6.92 Å². The molecule has 0 fully saturated rings. The van der Waals surface area contributed by atoms with Crippen LogP contribution in [0, 0.1) is 0 Å². The van der Waals surface area contributed by atoms with Crippen LogP contribution >= 0.6 is 12.2 Å². The molecule has 0 aromatic carbocycles. The fourth-order valence-electron chi connectivity index (χ4n) is 0.476. The van der Waals surface area contributed by atoms with E-state index >= 15 is 0 Å². The average molecular weight is 189 g/mol. The Hall–Kier alpha value is -1.17. The molecule has 0 aliphatic carbocycles. The smallest absolute Gasteiger partial charge is 0.367 e. The van der Waals surface area contributed by atoms with Crippen LogP contribution in [0.15, 0.2) is 5.16 Å². The van der Waals surface area contributed by atoms with E-state index in [1.54, 1.807) is 25.9 Å². The minimum absolute atomic E-state index is 0.439. The van der Waals surface area contributed by atoms with Crippen LogP contribution in [-0.4, -0.2) is 35.8 Å². The van der Waals surface area contributed by atoms with Crippen LogP contribution in [0.3, 0.4) is 0 Å². The lowest BCUT2D eigenvalue weighted by molar-refractivity contribution is 0.161. The highest BCUT2D eigenvalue weighted by molar-refractivity contribution is 7.82. The zero-order valence-electron chi connectivity index (χ0n) is 7.20. The molecule has 0 bridgehead atoms. The van der Waals surface area contributed by atoms with E-state index in [2.05, 4.69) is 9.99 Å². The van der Waals surface area contributed by atoms with E-state index in [9.17, 15) is 4.79 Å². The molecule has 6 heteroatoms. The van der Waals surface area contributed by atoms with Gasteiger partial charge in [-0.1, -0.05) is 17.4 Å².